The monoisotopic (exact) mass is 223 g/mol. The second-order valence-electron chi connectivity index (χ2n) is 4.79. The van der Waals surface area contributed by atoms with Crippen LogP contribution in [0.4, 0.5) is 5.69 Å². The largest absolute Gasteiger partial charge is 0.504 e. The van der Waals surface area contributed by atoms with Gasteiger partial charge in [-0.15, -0.1) is 0 Å². The van der Waals surface area contributed by atoms with E-state index < -0.39 is 0 Å². The van der Waals surface area contributed by atoms with E-state index in [1.54, 1.807) is 0 Å². The summed E-state index contributed by atoms with van der Waals surface area (Å²) in [5.41, 5.74) is 0.334. The smallest absolute Gasteiger partial charge is 0.181 e. The Morgan fingerprint density at radius 3 is 2.25 bits per heavy atom. The molecule has 0 saturated carbocycles. The van der Waals surface area contributed by atoms with Gasteiger partial charge in [-0.3, -0.25) is 4.79 Å². The van der Waals surface area contributed by atoms with E-state index in [0.717, 1.165) is 0 Å². The lowest BCUT2D eigenvalue weighted by Crippen LogP contribution is -2.27. The van der Waals surface area contributed by atoms with Gasteiger partial charge in [-0.1, -0.05) is 0 Å². The summed E-state index contributed by atoms with van der Waals surface area (Å²) in [5, 5.41) is 22.1. The van der Waals surface area contributed by atoms with Crippen LogP contribution < -0.4 is 5.32 Å². The van der Waals surface area contributed by atoms with Gasteiger partial charge in [-0.05, 0) is 39.8 Å². The fourth-order valence-corrected chi connectivity index (χ4v) is 1.38. The number of phenolic OH excluding ortho intramolecular Hbond substituents is 2. The van der Waals surface area contributed by atoms with Crippen molar-refractivity contribution in [3.05, 3.63) is 17.7 Å². The molecule has 0 aliphatic heterocycles. The second-order valence-corrected chi connectivity index (χ2v) is 4.79. The summed E-state index contributed by atoms with van der Waals surface area (Å²) < 4.78 is 0. The highest BCUT2D eigenvalue weighted by molar-refractivity contribution is 6.01. The van der Waals surface area contributed by atoms with E-state index in [2.05, 4.69) is 5.32 Å². The molecule has 88 valence electrons. The molecule has 1 rings (SSSR count). The number of ketones is 1. The lowest BCUT2D eigenvalue weighted by molar-refractivity contribution is 0.101. The van der Waals surface area contributed by atoms with Crippen molar-refractivity contribution in [2.45, 2.75) is 33.2 Å². The highest BCUT2D eigenvalue weighted by Crippen LogP contribution is 2.37. The molecule has 1 aromatic carbocycles. The summed E-state index contributed by atoms with van der Waals surface area (Å²) in [7, 11) is 0. The summed E-state index contributed by atoms with van der Waals surface area (Å²) >= 11 is 0. The normalized spacial score (nSPS) is 11.2. The minimum atomic E-state index is -0.310. The van der Waals surface area contributed by atoms with Gasteiger partial charge in [0.2, 0.25) is 0 Å². The Balaban J connectivity index is 3.32. The number of anilines is 1. The van der Waals surface area contributed by atoms with Crippen LogP contribution in [0.15, 0.2) is 12.1 Å². The maximum atomic E-state index is 11.4. The van der Waals surface area contributed by atoms with E-state index in [1.807, 2.05) is 20.8 Å². The lowest BCUT2D eigenvalue weighted by Gasteiger charge is -2.24. The minimum absolute atomic E-state index is 0.165. The van der Waals surface area contributed by atoms with Crippen LogP contribution in [0.1, 0.15) is 38.1 Å². The van der Waals surface area contributed by atoms with Gasteiger partial charge in [-0.25, -0.2) is 0 Å². The Labute approximate surface area is 94.9 Å². The molecule has 4 heteroatoms. The maximum Gasteiger partial charge on any atom is 0.181 e. The van der Waals surface area contributed by atoms with Crippen molar-refractivity contribution in [3.63, 3.8) is 0 Å². The van der Waals surface area contributed by atoms with E-state index in [0.29, 0.717) is 5.56 Å². The number of phenols is 2. The molecule has 0 unspecified atom stereocenters. The maximum absolute atomic E-state index is 11.4. The van der Waals surface area contributed by atoms with Crippen LogP contribution >= 0.6 is 0 Å². The van der Waals surface area contributed by atoms with Crippen molar-refractivity contribution in [2.24, 2.45) is 0 Å². The van der Waals surface area contributed by atoms with Gasteiger partial charge in [0.25, 0.3) is 0 Å². The molecule has 4 nitrogen and oxygen atoms in total. The van der Waals surface area contributed by atoms with E-state index in [-0.39, 0.29) is 28.5 Å². The zero-order valence-electron chi connectivity index (χ0n) is 9.96. The fourth-order valence-electron chi connectivity index (χ4n) is 1.38. The third-order valence-corrected chi connectivity index (χ3v) is 2.04. The predicted octanol–water partition coefficient (Wildman–Crippen LogP) is 2.51. The van der Waals surface area contributed by atoms with Gasteiger partial charge in [-0.2, -0.15) is 0 Å². The van der Waals surface area contributed by atoms with Gasteiger partial charge < -0.3 is 15.5 Å². The first kappa shape index (κ1) is 12.4. The van der Waals surface area contributed by atoms with Gasteiger partial charge in [0.15, 0.2) is 17.3 Å². The number of hydrogen-bond donors (Lipinski definition) is 3. The van der Waals surface area contributed by atoms with Crippen molar-refractivity contribution < 1.29 is 15.0 Å². The van der Waals surface area contributed by atoms with Crippen LogP contribution in [-0.4, -0.2) is 21.5 Å². The molecule has 0 fully saturated rings. The van der Waals surface area contributed by atoms with Crippen molar-refractivity contribution in [2.75, 3.05) is 5.32 Å². The number of rotatable bonds is 2. The minimum Gasteiger partial charge on any atom is -0.504 e. The van der Waals surface area contributed by atoms with Crippen molar-refractivity contribution in [3.8, 4) is 11.5 Å². The summed E-state index contributed by atoms with van der Waals surface area (Å²) in [5.74, 6) is -0.693. The Morgan fingerprint density at radius 1 is 1.25 bits per heavy atom. The van der Waals surface area contributed by atoms with E-state index in [1.165, 1.54) is 19.1 Å². The first-order chi connectivity index (χ1) is 7.22. The van der Waals surface area contributed by atoms with Crippen molar-refractivity contribution >= 4 is 11.5 Å². The Kier molecular flexibility index (Phi) is 3.12. The number of carbonyl (C=O) groups is 1. The zero-order chi connectivity index (χ0) is 12.5. The molecular weight excluding hydrogens is 206 g/mol. The third-order valence-electron chi connectivity index (χ3n) is 2.04. The van der Waals surface area contributed by atoms with E-state index in [4.69, 9.17) is 0 Å². The van der Waals surface area contributed by atoms with E-state index in [9.17, 15) is 15.0 Å². The zero-order valence-corrected chi connectivity index (χ0v) is 9.96. The number of benzene rings is 1. The number of Topliss-reactive ketones (excluding diaryl/α,β-unsaturated/α-hetero) is 1. The summed E-state index contributed by atoms with van der Waals surface area (Å²) in [6.45, 7) is 7.13. The molecule has 0 aromatic heterocycles. The molecule has 3 N–H and O–H groups in total. The Hall–Kier alpha value is -1.71. The van der Waals surface area contributed by atoms with Gasteiger partial charge in [0, 0.05) is 11.1 Å². The average Bonchev–Trinajstić information content (AvgIpc) is 2.10. The molecule has 0 atom stereocenters. The third kappa shape index (κ3) is 2.66. The van der Waals surface area contributed by atoms with Crippen LogP contribution in [0.2, 0.25) is 0 Å². The van der Waals surface area contributed by atoms with Crippen LogP contribution in [0.5, 0.6) is 11.5 Å². The van der Waals surface area contributed by atoms with Gasteiger partial charge in [0.05, 0.1) is 5.69 Å². The number of carbonyl (C=O) groups excluding carboxylic acids is 1. The standard InChI is InChI=1S/C12H17NO3/c1-7(14)8-5-6-9(15)11(16)10(8)13-12(2,3)4/h5-6,13,15-16H,1-4H3. The number of hydrogen-bond acceptors (Lipinski definition) is 4. The highest BCUT2D eigenvalue weighted by atomic mass is 16.3. The Bertz CT molecular complexity index is 419. The molecule has 0 aliphatic carbocycles. The molecule has 0 radical (unpaired) electrons. The summed E-state index contributed by atoms with van der Waals surface area (Å²) in [4.78, 5) is 11.4. The van der Waals surface area contributed by atoms with Crippen LogP contribution in [0.25, 0.3) is 0 Å². The van der Waals surface area contributed by atoms with Crippen molar-refractivity contribution in [1.82, 2.24) is 0 Å². The second kappa shape index (κ2) is 4.04. The quantitative estimate of drug-likeness (QED) is 0.532. The molecule has 0 aliphatic rings. The predicted molar refractivity (Wildman–Crippen MR) is 63.2 cm³/mol. The number of aromatic hydroxyl groups is 2. The molecule has 0 saturated heterocycles. The molecule has 0 heterocycles. The molecule has 0 spiro atoms. The molecular formula is C12H17NO3. The van der Waals surface area contributed by atoms with Crippen molar-refractivity contribution in [1.29, 1.82) is 0 Å². The van der Waals surface area contributed by atoms with Gasteiger partial charge in [0.1, 0.15) is 0 Å². The number of nitrogens with one attached hydrogen (secondary N) is 1. The topological polar surface area (TPSA) is 69.6 Å². The van der Waals surface area contributed by atoms with Crippen LogP contribution in [-0.2, 0) is 0 Å². The summed E-state index contributed by atoms with van der Waals surface area (Å²) in [6, 6.07) is 2.80. The highest BCUT2D eigenvalue weighted by Gasteiger charge is 2.19. The van der Waals surface area contributed by atoms with E-state index >= 15 is 0 Å². The molecule has 0 amide bonds. The molecule has 1 aromatic rings. The Morgan fingerprint density at radius 2 is 1.81 bits per heavy atom. The lowest BCUT2D eigenvalue weighted by atomic mass is 10.0. The fraction of sp³-hybridized carbons (Fsp3) is 0.417. The SMILES string of the molecule is CC(=O)c1ccc(O)c(O)c1NC(C)(C)C. The van der Waals surface area contributed by atoms with Gasteiger partial charge >= 0.3 is 0 Å². The summed E-state index contributed by atoms with van der Waals surface area (Å²) in [6.07, 6.45) is 0. The molecule has 0 bridgehead atoms. The first-order valence-corrected chi connectivity index (χ1v) is 5.06. The molecule has 16 heavy (non-hydrogen) atoms. The first-order valence-electron chi connectivity index (χ1n) is 5.06. The van der Waals surface area contributed by atoms with Crippen LogP contribution in [0, 0.1) is 0 Å². The average molecular weight is 223 g/mol. The van der Waals surface area contributed by atoms with Crippen LogP contribution in [0.3, 0.4) is 0 Å².